The number of aromatic nitrogens is 2. The lowest BCUT2D eigenvalue weighted by atomic mass is 10.4. The van der Waals surface area contributed by atoms with Gasteiger partial charge in [-0.2, -0.15) is 4.98 Å². The molecule has 15 heavy (non-hydrogen) atoms. The molecule has 0 unspecified atom stereocenters. The standard InChI is InChI=1S/C9H13ClN4O/c1-2-3-14(4-5-15)8-6-7(10)12-9(11)13-8/h2,6,15H,1,3-5H2,(H2,11,12,13). The lowest BCUT2D eigenvalue weighted by molar-refractivity contribution is 0.302. The van der Waals surface area contributed by atoms with Crippen molar-refractivity contribution in [2.24, 2.45) is 0 Å². The maximum absolute atomic E-state index is 8.88. The van der Waals surface area contributed by atoms with Gasteiger partial charge in [-0.15, -0.1) is 6.58 Å². The molecule has 0 bridgehead atoms. The molecule has 0 saturated heterocycles. The molecule has 6 heteroatoms. The van der Waals surface area contributed by atoms with E-state index in [2.05, 4.69) is 16.5 Å². The van der Waals surface area contributed by atoms with Crippen LogP contribution in [0.15, 0.2) is 18.7 Å². The van der Waals surface area contributed by atoms with Gasteiger partial charge in [0, 0.05) is 19.2 Å². The number of halogens is 1. The number of rotatable bonds is 5. The van der Waals surface area contributed by atoms with Gasteiger partial charge in [0.1, 0.15) is 11.0 Å². The van der Waals surface area contributed by atoms with Crippen LogP contribution in [0.25, 0.3) is 0 Å². The van der Waals surface area contributed by atoms with Gasteiger partial charge in [-0.25, -0.2) is 4.98 Å². The zero-order valence-corrected chi connectivity index (χ0v) is 8.98. The summed E-state index contributed by atoms with van der Waals surface area (Å²) in [5.41, 5.74) is 5.47. The van der Waals surface area contributed by atoms with Crippen LogP contribution in [0.4, 0.5) is 11.8 Å². The monoisotopic (exact) mass is 228 g/mol. The van der Waals surface area contributed by atoms with E-state index >= 15 is 0 Å². The minimum absolute atomic E-state index is 0.0232. The van der Waals surface area contributed by atoms with Gasteiger partial charge in [-0.05, 0) is 0 Å². The first kappa shape index (κ1) is 11.7. The highest BCUT2D eigenvalue weighted by molar-refractivity contribution is 6.29. The summed E-state index contributed by atoms with van der Waals surface area (Å²) < 4.78 is 0. The number of nitrogens with two attached hydrogens (primary N) is 1. The maximum atomic E-state index is 8.88. The number of aliphatic hydroxyl groups excluding tert-OH is 1. The molecular weight excluding hydrogens is 216 g/mol. The van der Waals surface area contributed by atoms with Crippen molar-refractivity contribution in [3.8, 4) is 0 Å². The number of nitrogen functional groups attached to an aromatic ring is 1. The van der Waals surface area contributed by atoms with Crippen molar-refractivity contribution in [1.29, 1.82) is 0 Å². The Morgan fingerprint density at radius 3 is 2.87 bits per heavy atom. The Balaban J connectivity index is 2.93. The number of anilines is 2. The van der Waals surface area contributed by atoms with E-state index in [1.54, 1.807) is 17.0 Å². The summed E-state index contributed by atoms with van der Waals surface area (Å²) in [6, 6.07) is 1.59. The van der Waals surface area contributed by atoms with Gasteiger partial charge in [-0.3, -0.25) is 0 Å². The van der Waals surface area contributed by atoms with Crippen molar-refractivity contribution in [2.75, 3.05) is 30.3 Å². The number of nitrogens with zero attached hydrogens (tertiary/aromatic N) is 3. The van der Waals surface area contributed by atoms with E-state index in [1.807, 2.05) is 0 Å². The van der Waals surface area contributed by atoms with E-state index in [9.17, 15) is 0 Å². The summed E-state index contributed by atoms with van der Waals surface area (Å²) in [5, 5.41) is 9.16. The molecule has 0 aromatic carbocycles. The van der Waals surface area contributed by atoms with Gasteiger partial charge >= 0.3 is 0 Å². The molecule has 3 N–H and O–H groups in total. The smallest absolute Gasteiger partial charge is 0.223 e. The van der Waals surface area contributed by atoms with Crippen molar-refractivity contribution in [3.05, 3.63) is 23.9 Å². The Labute approximate surface area is 93.2 Å². The Bertz CT molecular complexity index is 325. The molecule has 0 radical (unpaired) electrons. The molecule has 0 amide bonds. The highest BCUT2D eigenvalue weighted by Crippen LogP contribution is 2.16. The van der Waals surface area contributed by atoms with Crippen molar-refractivity contribution >= 4 is 23.4 Å². The summed E-state index contributed by atoms with van der Waals surface area (Å²) in [7, 11) is 0. The van der Waals surface area contributed by atoms with E-state index in [1.165, 1.54) is 0 Å². The largest absolute Gasteiger partial charge is 0.395 e. The zero-order valence-electron chi connectivity index (χ0n) is 8.23. The first-order valence-electron chi connectivity index (χ1n) is 4.44. The lowest BCUT2D eigenvalue weighted by Gasteiger charge is -2.20. The minimum Gasteiger partial charge on any atom is -0.395 e. The van der Waals surface area contributed by atoms with Crippen molar-refractivity contribution in [1.82, 2.24) is 9.97 Å². The molecule has 0 aliphatic heterocycles. The first-order chi connectivity index (χ1) is 7.17. The van der Waals surface area contributed by atoms with E-state index in [-0.39, 0.29) is 17.7 Å². The normalized spacial score (nSPS) is 10.0. The fraction of sp³-hybridized carbons (Fsp3) is 0.333. The van der Waals surface area contributed by atoms with E-state index in [0.717, 1.165) is 0 Å². The summed E-state index contributed by atoms with van der Waals surface area (Å²) in [5.74, 6) is 0.700. The lowest BCUT2D eigenvalue weighted by Crippen LogP contribution is -2.27. The molecule has 82 valence electrons. The quantitative estimate of drug-likeness (QED) is 0.573. The van der Waals surface area contributed by atoms with Crippen LogP contribution in [-0.2, 0) is 0 Å². The van der Waals surface area contributed by atoms with Crippen molar-refractivity contribution in [2.45, 2.75) is 0 Å². The summed E-state index contributed by atoms with van der Waals surface area (Å²) in [6.07, 6.45) is 1.71. The van der Waals surface area contributed by atoms with Crippen LogP contribution in [0.1, 0.15) is 0 Å². The predicted molar refractivity (Wildman–Crippen MR) is 61.0 cm³/mol. The Kier molecular flexibility index (Phi) is 4.33. The first-order valence-corrected chi connectivity index (χ1v) is 4.82. The average Bonchev–Trinajstić information content (AvgIpc) is 2.16. The fourth-order valence-corrected chi connectivity index (χ4v) is 1.34. The third kappa shape index (κ3) is 3.38. The molecule has 0 aliphatic carbocycles. The van der Waals surface area contributed by atoms with Crippen LogP contribution in [0, 0.1) is 0 Å². The van der Waals surface area contributed by atoms with E-state index < -0.39 is 0 Å². The fourth-order valence-electron chi connectivity index (χ4n) is 1.16. The SMILES string of the molecule is C=CCN(CCO)c1cc(Cl)nc(N)n1. The molecule has 0 atom stereocenters. The van der Waals surface area contributed by atoms with Gasteiger partial charge in [0.15, 0.2) is 0 Å². The topological polar surface area (TPSA) is 75.3 Å². The molecule has 1 rings (SSSR count). The van der Waals surface area contributed by atoms with Crippen LogP contribution in [-0.4, -0.2) is 34.8 Å². The second-order valence-electron chi connectivity index (χ2n) is 2.87. The van der Waals surface area contributed by atoms with Crippen LogP contribution in [0.5, 0.6) is 0 Å². The highest BCUT2D eigenvalue weighted by atomic mass is 35.5. The molecule has 0 spiro atoms. The molecule has 1 aromatic heterocycles. The van der Waals surface area contributed by atoms with Crippen LogP contribution < -0.4 is 10.6 Å². The van der Waals surface area contributed by atoms with Crippen LogP contribution >= 0.6 is 11.6 Å². The molecule has 0 saturated carbocycles. The zero-order chi connectivity index (χ0) is 11.3. The maximum Gasteiger partial charge on any atom is 0.223 e. The molecular formula is C9H13ClN4O. The summed E-state index contributed by atoms with van der Waals surface area (Å²) >= 11 is 5.75. The van der Waals surface area contributed by atoms with Crippen molar-refractivity contribution in [3.63, 3.8) is 0 Å². The molecule has 0 fully saturated rings. The predicted octanol–water partition coefficient (Wildman–Crippen LogP) is 0.697. The Morgan fingerprint density at radius 2 is 2.33 bits per heavy atom. The van der Waals surface area contributed by atoms with E-state index in [4.69, 9.17) is 22.4 Å². The Hall–Kier alpha value is -1.33. The summed E-state index contributed by atoms with van der Waals surface area (Å²) in [6.45, 7) is 4.65. The number of aliphatic hydroxyl groups is 1. The Morgan fingerprint density at radius 1 is 1.60 bits per heavy atom. The average molecular weight is 229 g/mol. The van der Waals surface area contributed by atoms with E-state index in [0.29, 0.717) is 18.9 Å². The molecule has 5 nitrogen and oxygen atoms in total. The number of hydrogen-bond donors (Lipinski definition) is 2. The summed E-state index contributed by atoms with van der Waals surface area (Å²) in [4.78, 5) is 9.58. The van der Waals surface area contributed by atoms with Crippen LogP contribution in [0.2, 0.25) is 5.15 Å². The second-order valence-corrected chi connectivity index (χ2v) is 3.25. The number of hydrogen-bond acceptors (Lipinski definition) is 5. The van der Waals surface area contributed by atoms with Gasteiger partial charge in [0.05, 0.1) is 6.61 Å². The third-order valence-corrected chi connectivity index (χ3v) is 1.94. The molecule has 1 aromatic rings. The van der Waals surface area contributed by atoms with Gasteiger partial charge in [0.2, 0.25) is 5.95 Å². The second kappa shape index (κ2) is 5.53. The minimum atomic E-state index is 0.0232. The van der Waals surface area contributed by atoms with Crippen LogP contribution in [0.3, 0.4) is 0 Å². The molecule has 0 aliphatic rings. The highest BCUT2D eigenvalue weighted by Gasteiger charge is 2.08. The third-order valence-electron chi connectivity index (χ3n) is 1.74. The van der Waals surface area contributed by atoms with Gasteiger partial charge in [0.25, 0.3) is 0 Å². The van der Waals surface area contributed by atoms with Gasteiger partial charge in [-0.1, -0.05) is 17.7 Å². The van der Waals surface area contributed by atoms with Gasteiger partial charge < -0.3 is 15.7 Å². The molecule has 1 heterocycles. The van der Waals surface area contributed by atoms with Crippen molar-refractivity contribution < 1.29 is 5.11 Å².